The van der Waals surface area contributed by atoms with Crippen molar-refractivity contribution in [1.29, 1.82) is 0 Å². The smallest absolute Gasteiger partial charge is 0.0447 e. The van der Waals surface area contributed by atoms with E-state index >= 15 is 0 Å². The van der Waals surface area contributed by atoms with Gasteiger partial charge in [0.15, 0.2) is 0 Å². The highest BCUT2D eigenvalue weighted by Gasteiger charge is 2.30. The highest BCUT2D eigenvalue weighted by Crippen LogP contribution is 2.44. The van der Waals surface area contributed by atoms with Gasteiger partial charge in [0.1, 0.15) is 0 Å². The molecular formula is C19H30Si. The van der Waals surface area contributed by atoms with E-state index in [9.17, 15) is 0 Å². The second-order valence-corrected chi connectivity index (χ2v) is 9.29. The average molecular weight is 287 g/mol. The fourth-order valence-corrected chi connectivity index (χ4v) is 6.25. The van der Waals surface area contributed by atoms with Gasteiger partial charge >= 0.3 is 0 Å². The lowest BCUT2D eigenvalue weighted by molar-refractivity contribution is 0.552. The monoisotopic (exact) mass is 286 g/mol. The van der Waals surface area contributed by atoms with Crippen LogP contribution in [0.3, 0.4) is 0 Å². The first-order valence-corrected chi connectivity index (χ1v) is 10.0. The summed E-state index contributed by atoms with van der Waals surface area (Å²) in [5.74, 6) is 0. The Morgan fingerprint density at radius 2 is 2.10 bits per heavy atom. The number of rotatable bonds is 8. The van der Waals surface area contributed by atoms with Gasteiger partial charge in [0.2, 0.25) is 0 Å². The standard InChI is InChI=1S/C19H30Si/c1-3-5-7-13-19(14-8-6-9-15-19)20-18-12-11-17(16-18)10-4-2/h6,8-9,11-12,14,16,18H,3-5,7,10,13,15,20H2,1-2H3. The maximum Gasteiger partial charge on any atom is 0.0447 e. The van der Waals surface area contributed by atoms with E-state index in [1.807, 2.05) is 0 Å². The molecule has 0 saturated carbocycles. The largest absolute Gasteiger partial charge is 0.0840 e. The summed E-state index contributed by atoms with van der Waals surface area (Å²) in [7, 11) is -0.143. The Labute approximate surface area is 127 Å². The van der Waals surface area contributed by atoms with E-state index in [1.54, 1.807) is 5.57 Å². The third-order valence-corrected chi connectivity index (χ3v) is 7.34. The summed E-state index contributed by atoms with van der Waals surface area (Å²) in [4.78, 5) is 0. The van der Waals surface area contributed by atoms with Crippen LogP contribution in [0.25, 0.3) is 0 Å². The van der Waals surface area contributed by atoms with Crippen LogP contribution in [0.5, 0.6) is 0 Å². The Kier molecular flexibility index (Phi) is 6.09. The molecule has 1 heteroatoms. The maximum atomic E-state index is 2.57. The van der Waals surface area contributed by atoms with Gasteiger partial charge in [-0.2, -0.15) is 0 Å². The Balaban J connectivity index is 1.97. The van der Waals surface area contributed by atoms with Crippen molar-refractivity contribution < 1.29 is 0 Å². The minimum Gasteiger partial charge on any atom is -0.0840 e. The second kappa shape index (κ2) is 7.83. The summed E-state index contributed by atoms with van der Waals surface area (Å²) < 4.78 is 0. The fourth-order valence-electron chi connectivity index (χ4n) is 3.56. The molecule has 0 aromatic heterocycles. The zero-order valence-corrected chi connectivity index (χ0v) is 14.7. The van der Waals surface area contributed by atoms with Crippen molar-refractivity contribution in [3.63, 3.8) is 0 Å². The van der Waals surface area contributed by atoms with Gasteiger partial charge in [-0.3, -0.25) is 0 Å². The van der Waals surface area contributed by atoms with E-state index in [0.29, 0.717) is 5.04 Å². The minimum absolute atomic E-state index is 0.143. The van der Waals surface area contributed by atoms with Crippen molar-refractivity contribution in [2.24, 2.45) is 0 Å². The molecule has 0 aromatic carbocycles. The molecule has 20 heavy (non-hydrogen) atoms. The van der Waals surface area contributed by atoms with E-state index in [2.05, 4.69) is 56.4 Å². The molecule has 2 rings (SSSR count). The molecule has 0 fully saturated rings. The van der Waals surface area contributed by atoms with Gasteiger partial charge in [-0.1, -0.05) is 87.6 Å². The van der Waals surface area contributed by atoms with E-state index in [1.165, 1.54) is 44.9 Å². The molecule has 0 aromatic rings. The predicted molar refractivity (Wildman–Crippen MR) is 94.2 cm³/mol. The highest BCUT2D eigenvalue weighted by atomic mass is 28.2. The minimum atomic E-state index is -0.143. The number of hydrogen-bond acceptors (Lipinski definition) is 0. The quantitative estimate of drug-likeness (QED) is 0.408. The summed E-state index contributed by atoms with van der Waals surface area (Å²) in [5, 5.41) is 0.553. The third kappa shape index (κ3) is 4.34. The molecule has 0 bridgehead atoms. The van der Waals surface area contributed by atoms with E-state index in [0.717, 1.165) is 5.54 Å². The Hall–Kier alpha value is -0.823. The lowest BCUT2D eigenvalue weighted by Crippen LogP contribution is -2.21. The number of allylic oxidation sites excluding steroid dienone is 8. The normalized spacial score (nSPS) is 28.7. The highest BCUT2D eigenvalue weighted by molar-refractivity contribution is 6.44. The van der Waals surface area contributed by atoms with Crippen LogP contribution in [0.1, 0.15) is 58.8 Å². The molecule has 2 atom stereocenters. The van der Waals surface area contributed by atoms with Crippen LogP contribution in [0, 0.1) is 0 Å². The van der Waals surface area contributed by atoms with Crippen molar-refractivity contribution in [3.8, 4) is 0 Å². The van der Waals surface area contributed by atoms with Gasteiger partial charge in [-0.25, -0.2) is 0 Å². The number of unbranched alkanes of at least 4 members (excludes halogenated alkanes) is 2. The van der Waals surface area contributed by atoms with Gasteiger partial charge in [0, 0.05) is 9.52 Å². The van der Waals surface area contributed by atoms with Crippen molar-refractivity contribution in [2.45, 2.75) is 69.4 Å². The van der Waals surface area contributed by atoms with Gasteiger partial charge < -0.3 is 0 Å². The topological polar surface area (TPSA) is 0 Å². The predicted octanol–water partition coefficient (Wildman–Crippen LogP) is 5.50. The molecule has 110 valence electrons. The zero-order chi connectivity index (χ0) is 14.3. The Morgan fingerprint density at radius 3 is 2.80 bits per heavy atom. The van der Waals surface area contributed by atoms with E-state index in [-0.39, 0.29) is 9.52 Å². The van der Waals surface area contributed by atoms with Gasteiger partial charge in [-0.05, 0) is 29.8 Å². The van der Waals surface area contributed by atoms with Crippen LogP contribution in [-0.2, 0) is 0 Å². The van der Waals surface area contributed by atoms with Crippen LogP contribution >= 0.6 is 0 Å². The lowest BCUT2D eigenvalue weighted by atomic mass is 9.93. The summed E-state index contributed by atoms with van der Waals surface area (Å²) >= 11 is 0. The Bertz CT molecular complexity index is 413. The van der Waals surface area contributed by atoms with E-state index in [4.69, 9.17) is 0 Å². The molecular weight excluding hydrogens is 256 g/mol. The van der Waals surface area contributed by atoms with Crippen LogP contribution in [0.15, 0.2) is 48.1 Å². The van der Waals surface area contributed by atoms with Gasteiger partial charge in [-0.15, -0.1) is 0 Å². The summed E-state index contributed by atoms with van der Waals surface area (Å²) in [5.41, 5.74) is 2.39. The molecule has 0 heterocycles. The third-order valence-electron chi connectivity index (χ3n) is 4.67. The average Bonchev–Trinajstić information content (AvgIpc) is 2.88. The number of hydrogen-bond donors (Lipinski definition) is 0. The molecule has 0 saturated heterocycles. The van der Waals surface area contributed by atoms with Crippen molar-refractivity contribution in [2.75, 3.05) is 0 Å². The van der Waals surface area contributed by atoms with Crippen molar-refractivity contribution in [3.05, 3.63) is 48.1 Å². The molecule has 0 radical (unpaired) electrons. The summed E-state index contributed by atoms with van der Waals surface area (Å²) in [6.07, 6.45) is 26.3. The maximum absolute atomic E-state index is 2.57. The first-order valence-electron chi connectivity index (χ1n) is 8.51. The summed E-state index contributed by atoms with van der Waals surface area (Å²) in [6, 6.07) is 0. The fraction of sp³-hybridized carbons (Fsp3) is 0.579. The first-order chi connectivity index (χ1) is 9.78. The molecule has 0 spiro atoms. The Morgan fingerprint density at radius 1 is 1.20 bits per heavy atom. The van der Waals surface area contributed by atoms with Gasteiger partial charge in [0.25, 0.3) is 0 Å². The van der Waals surface area contributed by atoms with Crippen LogP contribution < -0.4 is 0 Å². The molecule has 2 unspecified atom stereocenters. The van der Waals surface area contributed by atoms with Crippen molar-refractivity contribution in [1.82, 2.24) is 0 Å². The molecule has 0 N–H and O–H groups in total. The molecule has 0 nitrogen and oxygen atoms in total. The van der Waals surface area contributed by atoms with Crippen LogP contribution in [-0.4, -0.2) is 9.52 Å². The lowest BCUT2D eigenvalue weighted by Gasteiger charge is -2.33. The first kappa shape index (κ1) is 15.6. The summed E-state index contributed by atoms with van der Waals surface area (Å²) in [6.45, 7) is 4.58. The molecule has 0 aliphatic heterocycles. The van der Waals surface area contributed by atoms with Crippen molar-refractivity contribution >= 4 is 9.52 Å². The van der Waals surface area contributed by atoms with E-state index < -0.39 is 0 Å². The SMILES string of the molecule is CCCCCC1([SiH2]C2C=CC(CCC)=C2)C=CC=CC1. The molecule has 2 aliphatic rings. The molecule has 2 aliphatic carbocycles. The molecule has 0 amide bonds. The zero-order valence-electron chi connectivity index (χ0n) is 13.3. The van der Waals surface area contributed by atoms with Crippen LogP contribution in [0.2, 0.25) is 10.6 Å². The van der Waals surface area contributed by atoms with Gasteiger partial charge in [0.05, 0.1) is 0 Å². The second-order valence-electron chi connectivity index (χ2n) is 6.53. The van der Waals surface area contributed by atoms with Crippen LogP contribution in [0.4, 0.5) is 0 Å².